The van der Waals surface area contributed by atoms with Crippen LogP contribution in [-0.2, 0) is 0 Å². The maximum Gasteiger partial charge on any atom is 0.107 e. The van der Waals surface area contributed by atoms with Crippen LogP contribution in [0.15, 0.2) is 23.9 Å². The van der Waals surface area contributed by atoms with Gasteiger partial charge in [-0.05, 0) is 45.8 Å². The minimum atomic E-state index is -0.0786. The van der Waals surface area contributed by atoms with Gasteiger partial charge in [0.05, 0.1) is 0 Å². The average Bonchev–Trinajstić information content (AvgIpc) is 2.10. The van der Waals surface area contributed by atoms with E-state index in [-0.39, 0.29) is 5.66 Å². The number of hydrogen-bond donors (Lipinski definition) is 2. The summed E-state index contributed by atoms with van der Waals surface area (Å²) in [5, 5.41) is 6.85. The predicted molar refractivity (Wildman–Crippen MR) is 61.0 cm³/mol. The fraction of sp³-hybridized carbons (Fsp3) is 0.636. The number of dihydropyridines is 1. The van der Waals surface area contributed by atoms with Crippen LogP contribution in [-0.4, -0.2) is 37.7 Å². The average molecular weight is 195 g/mol. The maximum atomic E-state index is 3.51. The lowest BCUT2D eigenvalue weighted by atomic mass is 10.0. The number of likely N-dealkylation sites (N-methyl/N-ethyl adjacent to an activating group) is 1. The molecule has 1 rings (SSSR count). The standard InChI is InChI=1S/C11H21N3/c1-10-6-5-7-12-11(10,2)13-8-9-14(3)4/h5-7,12-13H,8-9H2,1-4H3. The summed E-state index contributed by atoms with van der Waals surface area (Å²) in [6, 6.07) is 0. The van der Waals surface area contributed by atoms with E-state index in [0.717, 1.165) is 13.1 Å². The lowest BCUT2D eigenvalue weighted by molar-refractivity contribution is 0.328. The summed E-state index contributed by atoms with van der Waals surface area (Å²) < 4.78 is 0. The van der Waals surface area contributed by atoms with E-state index in [9.17, 15) is 0 Å². The lowest BCUT2D eigenvalue weighted by Crippen LogP contribution is -2.55. The Morgan fingerprint density at radius 3 is 2.79 bits per heavy atom. The van der Waals surface area contributed by atoms with Crippen molar-refractivity contribution in [2.45, 2.75) is 19.5 Å². The van der Waals surface area contributed by atoms with Gasteiger partial charge in [0, 0.05) is 13.1 Å². The monoisotopic (exact) mass is 195 g/mol. The maximum absolute atomic E-state index is 3.51. The van der Waals surface area contributed by atoms with Crippen molar-refractivity contribution in [3.63, 3.8) is 0 Å². The number of nitrogens with one attached hydrogen (secondary N) is 2. The molecule has 0 aromatic heterocycles. The molecule has 1 aliphatic heterocycles. The summed E-state index contributed by atoms with van der Waals surface area (Å²) in [5.74, 6) is 0. The second kappa shape index (κ2) is 4.62. The molecular formula is C11H21N3. The van der Waals surface area contributed by atoms with Crippen molar-refractivity contribution in [1.82, 2.24) is 15.5 Å². The Morgan fingerprint density at radius 2 is 2.21 bits per heavy atom. The summed E-state index contributed by atoms with van der Waals surface area (Å²) in [5.41, 5.74) is 1.24. The summed E-state index contributed by atoms with van der Waals surface area (Å²) in [4.78, 5) is 2.17. The fourth-order valence-electron chi connectivity index (χ4n) is 1.41. The van der Waals surface area contributed by atoms with Gasteiger partial charge in [0.1, 0.15) is 5.66 Å². The van der Waals surface area contributed by atoms with Crippen molar-refractivity contribution in [2.24, 2.45) is 0 Å². The minimum absolute atomic E-state index is 0.0786. The molecule has 3 heteroatoms. The second-order valence-corrected chi connectivity index (χ2v) is 4.21. The highest BCUT2D eigenvalue weighted by Crippen LogP contribution is 2.15. The van der Waals surface area contributed by atoms with E-state index in [2.05, 4.69) is 49.6 Å². The molecule has 0 fully saturated rings. The Kier molecular flexibility index (Phi) is 3.72. The highest BCUT2D eigenvalue weighted by atomic mass is 15.2. The smallest absolute Gasteiger partial charge is 0.107 e. The van der Waals surface area contributed by atoms with E-state index in [1.165, 1.54) is 5.57 Å². The zero-order valence-electron chi connectivity index (χ0n) is 9.59. The third kappa shape index (κ3) is 2.86. The lowest BCUT2D eigenvalue weighted by Gasteiger charge is -2.35. The second-order valence-electron chi connectivity index (χ2n) is 4.21. The van der Waals surface area contributed by atoms with Crippen molar-refractivity contribution in [3.8, 4) is 0 Å². The molecule has 0 radical (unpaired) electrons. The fourth-order valence-corrected chi connectivity index (χ4v) is 1.41. The Bertz CT molecular complexity index is 243. The zero-order valence-corrected chi connectivity index (χ0v) is 9.59. The van der Waals surface area contributed by atoms with Gasteiger partial charge in [0.2, 0.25) is 0 Å². The van der Waals surface area contributed by atoms with Crippen LogP contribution in [0.1, 0.15) is 13.8 Å². The van der Waals surface area contributed by atoms with Crippen molar-refractivity contribution in [2.75, 3.05) is 27.2 Å². The van der Waals surface area contributed by atoms with E-state index in [4.69, 9.17) is 0 Å². The summed E-state index contributed by atoms with van der Waals surface area (Å²) in [6.07, 6.45) is 6.15. The topological polar surface area (TPSA) is 27.3 Å². The van der Waals surface area contributed by atoms with Gasteiger partial charge >= 0.3 is 0 Å². The number of nitrogens with zero attached hydrogens (tertiary/aromatic N) is 1. The van der Waals surface area contributed by atoms with Crippen LogP contribution < -0.4 is 10.6 Å². The first-order valence-electron chi connectivity index (χ1n) is 5.06. The van der Waals surface area contributed by atoms with Crippen LogP contribution in [0.4, 0.5) is 0 Å². The van der Waals surface area contributed by atoms with Gasteiger partial charge < -0.3 is 10.2 Å². The predicted octanol–water partition coefficient (Wildman–Crippen LogP) is 0.917. The quantitative estimate of drug-likeness (QED) is 0.698. The molecule has 0 saturated carbocycles. The molecule has 1 atom stereocenters. The summed E-state index contributed by atoms with van der Waals surface area (Å²) >= 11 is 0. The van der Waals surface area contributed by atoms with Crippen molar-refractivity contribution in [3.05, 3.63) is 23.9 Å². The van der Waals surface area contributed by atoms with E-state index in [1.54, 1.807) is 0 Å². The Morgan fingerprint density at radius 1 is 1.50 bits per heavy atom. The van der Waals surface area contributed by atoms with Crippen LogP contribution >= 0.6 is 0 Å². The first-order valence-corrected chi connectivity index (χ1v) is 5.06. The molecule has 0 aliphatic carbocycles. The first-order chi connectivity index (χ1) is 6.54. The van der Waals surface area contributed by atoms with E-state index < -0.39 is 0 Å². The SMILES string of the molecule is CC1=CC=CNC1(C)NCCN(C)C. The Labute approximate surface area is 86.9 Å². The Hall–Kier alpha value is -0.800. The summed E-state index contributed by atoms with van der Waals surface area (Å²) in [7, 11) is 4.17. The molecule has 3 nitrogen and oxygen atoms in total. The highest BCUT2D eigenvalue weighted by Gasteiger charge is 2.24. The number of hydrogen-bond acceptors (Lipinski definition) is 3. The van der Waals surface area contributed by atoms with Gasteiger partial charge in [0.15, 0.2) is 0 Å². The van der Waals surface area contributed by atoms with Crippen molar-refractivity contribution in [1.29, 1.82) is 0 Å². The molecule has 2 N–H and O–H groups in total. The van der Waals surface area contributed by atoms with Crippen molar-refractivity contribution < 1.29 is 0 Å². The molecule has 1 unspecified atom stereocenters. The van der Waals surface area contributed by atoms with Gasteiger partial charge in [-0.25, -0.2) is 0 Å². The number of rotatable bonds is 4. The molecule has 0 amide bonds. The molecule has 14 heavy (non-hydrogen) atoms. The first kappa shape index (κ1) is 11.3. The van der Waals surface area contributed by atoms with Crippen LogP contribution in [0.25, 0.3) is 0 Å². The molecule has 80 valence electrons. The minimum Gasteiger partial charge on any atom is -0.370 e. The normalized spacial score (nSPS) is 26.2. The van der Waals surface area contributed by atoms with Gasteiger partial charge in [-0.3, -0.25) is 5.32 Å². The van der Waals surface area contributed by atoms with Crippen molar-refractivity contribution >= 4 is 0 Å². The molecule has 0 aromatic carbocycles. The van der Waals surface area contributed by atoms with E-state index >= 15 is 0 Å². The molecule has 0 saturated heterocycles. The molecule has 0 aromatic rings. The van der Waals surface area contributed by atoms with Crippen LogP contribution in [0.3, 0.4) is 0 Å². The van der Waals surface area contributed by atoms with E-state index in [0.29, 0.717) is 0 Å². The Balaban J connectivity index is 2.42. The van der Waals surface area contributed by atoms with E-state index in [1.807, 2.05) is 12.3 Å². The molecule has 1 aliphatic rings. The van der Waals surface area contributed by atoms with Gasteiger partial charge in [-0.1, -0.05) is 6.08 Å². The van der Waals surface area contributed by atoms with Gasteiger partial charge in [0.25, 0.3) is 0 Å². The van der Waals surface area contributed by atoms with Gasteiger partial charge in [-0.2, -0.15) is 0 Å². The van der Waals surface area contributed by atoms with Crippen LogP contribution in [0.2, 0.25) is 0 Å². The highest BCUT2D eigenvalue weighted by molar-refractivity contribution is 5.25. The molecule has 1 heterocycles. The largest absolute Gasteiger partial charge is 0.370 e. The third-order valence-electron chi connectivity index (χ3n) is 2.64. The van der Waals surface area contributed by atoms with Crippen LogP contribution in [0, 0.1) is 0 Å². The number of allylic oxidation sites excluding steroid dienone is 2. The summed E-state index contributed by atoms with van der Waals surface area (Å²) in [6.45, 7) is 6.33. The zero-order chi connectivity index (χ0) is 10.6. The molecule has 0 spiro atoms. The molecule has 0 bridgehead atoms. The van der Waals surface area contributed by atoms with Gasteiger partial charge in [-0.15, -0.1) is 0 Å². The third-order valence-corrected chi connectivity index (χ3v) is 2.64. The van der Waals surface area contributed by atoms with Crippen LogP contribution in [0.5, 0.6) is 0 Å². The molecular weight excluding hydrogens is 174 g/mol.